The highest BCUT2D eigenvalue weighted by Crippen LogP contribution is 2.36. The molecule has 0 bridgehead atoms. The van der Waals surface area contributed by atoms with Gasteiger partial charge in [-0.05, 0) is 48.2 Å². The molecule has 0 atom stereocenters. The molecule has 1 aliphatic carbocycles. The number of piperazine rings is 1. The van der Waals surface area contributed by atoms with Crippen LogP contribution in [0.25, 0.3) is 11.6 Å². The number of hydrogen-bond acceptors (Lipinski definition) is 4. The van der Waals surface area contributed by atoms with E-state index >= 15 is 0 Å². The van der Waals surface area contributed by atoms with E-state index in [-0.39, 0.29) is 5.91 Å². The fourth-order valence-electron chi connectivity index (χ4n) is 5.84. The molecule has 0 aromatic heterocycles. The zero-order valence-corrected chi connectivity index (χ0v) is 19.1. The average Bonchev–Trinajstić information content (AvgIpc) is 3.20. The van der Waals surface area contributed by atoms with Crippen LogP contribution in [0.5, 0.6) is 0 Å². The first-order chi connectivity index (χ1) is 16.2. The third-order valence-corrected chi connectivity index (χ3v) is 7.66. The quantitative estimate of drug-likeness (QED) is 0.664. The summed E-state index contributed by atoms with van der Waals surface area (Å²) in [5.74, 6) is -0.0456. The van der Waals surface area contributed by atoms with Gasteiger partial charge in [0.25, 0.3) is 5.91 Å². The Hall–Kier alpha value is -2.89. The van der Waals surface area contributed by atoms with Crippen molar-refractivity contribution in [2.24, 2.45) is 0 Å². The first kappa shape index (κ1) is 20.7. The van der Waals surface area contributed by atoms with Gasteiger partial charge in [-0.1, -0.05) is 49.6 Å². The maximum absolute atomic E-state index is 12.6. The first-order valence-corrected chi connectivity index (χ1v) is 12.4. The van der Waals surface area contributed by atoms with E-state index in [1.807, 2.05) is 30.3 Å². The highest BCUT2D eigenvalue weighted by atomic mass is 16.2. The summed E-state index contributed by atoms with van der Waals surface area (Å²) in [5, 5.41) is 6.46. The van der Waals surface area contributed by atoms with Gasteiger partial charge in [0.15, 0.2) is 0 Å². The molecule has 1 amide bonds. The van der Waals surface area contributed by atoms with Crippen molar-refractivity contribution in [1.82, 2.24) is 9.80 Å². The smallest absolute Gasteiger partial charge is 0.258 e. The summed E-state index contributed by atoms with van der Waals surface area (Å²) in [6.45, 7) is 5.73. The Bertz CT molecular complexity index is 1120. The van der Waals surface area contributed by atoms with Crippen molar-refractivity contribution in [1.29, 1.82) is 0 Å². The number of fused-ring (bicyclic) bond motifs is 2. The summed E-state index contributed by atoms with van der Waals surface area (Å²) in [4.78, 5) is 17.9. The predicted molar refractivity (Wildman–Crippen MR) is 135 cm³/mol. The molecule has 6 rings (SSSR count). The van der Waals surface area contributed by atoms with Gasteiger partial charge in [-0.15, -0.1) is 0 Å². The van der Waals surface area contributed by atoms with Crippen molar-refractivity contribution in [2.75, 3.05) is 36.8 Å². The molecular weight excluding hydrogens is 408 g/mol. The molecule has 2 aromatic rings. The Morgan fingerprint density at radius 3 is 2.52 bits per heavy atom. The lowest BCUT2D eigenvalue weighted by atomic mass is 9.94. The summed E-state index contributed by atoms with van der Waals surface area (Å²) in [7, 11) is 0. The Morgan fingerprint density at radius 1 is 0.848 bits per heavy atom. The molecule has 5 nitrogen and oxygen atoms in total. The molecular formula is C28H32N4O. The second-order valence-electron chi connectivity index (χ2n) is 9.77. The Morgan fingerprint density at radius 2 is 1.67 bits per heavy atom. The van der Waals surface area contributed by atoms with E-state index in [0.717, 1.165) is 48.3 Å². The van der Waals surface area contributed by atoms with Crippen molar-refractivity contribution >= 4 is 28.9 Å². The zero-order valence-electron chi connectivity index (χ0n) is 19.1. The summed E-state index contributed by atoms with van der Waals surface area (Å²) in [6.07, 6.45) is 11.2. The Balaban J connectivity index is 1.13. The van der Waals surface area contributed by atoms with Crippen LogP contribution in [0.1, 0.15) is 48.8 Å². The lowest BCUT2D eigenvalue weighted by Crippen LogP contribution is -2.50. The number of carbonyl (C=O) groups is 1. The first-order valence-electron chi connectivity index (χ1n) is 12.4. The summed E-state index contributed by atoms with van der Waals surface area (Å²) >= 11 is 0. The molecule has 3 heterocycles. The second-order valence-corrected chi connectivity index (χ2v) is 9.77. The molecule has 4 aliphatic rings. The van der Waals surface area contributed by atoms with Gasteiger partial charge >= 0.3 is 0 Å². The molecule has 0 unspecified atom stereocenters. The minimum Gasteiger partial charge on any atom is -0.354 e. The molecule has 2 N–H and O–H groups in total. The number of allylic oxidation sites excluding steroid dienone is 1. The molecule has 3 aliphatic heterocycles. The number of benzene rings is 2. The molecule has 5 heteroatoms. The normalized spacial score (nSPS) is 23.7. The van der Waals surface area contributed by atoms with Crippen molar-refractivity contribution in [3.8, 4) is 0 Å². The fraction of sp³-hybridized carbons (Fsp3) is 0.393. The number of rotatable bonds is 3. The zero-order chi connectivity index (χ0) is 22.2. The number of nitrogens with zero attached hydrogens (tertiary/aromatic N) is 2. The lowest BCUT2D eigenvalue weighted by Gasteiger charge is -2.40. The van der Waals surface area contributed by atoms with Crippen molar-refractivity contribution in [3.63, 3.8) is 0 Å². The fourth-order valence-corrected chi connectivity index (χ4v) is 5.84. The topological polar surface area (TPSA) is 47.6 Å². The summed E-state index contributed by atoms with van der Waals surface area (Å²) in [5.41, 5.74) is 7.01. The highest BCUT2D eigenvalue weighted by molar-refractivity contribution is 6.33. The molecule has 1 saturated carbocycles. The van der Waals surface area contributed by atoms with E-state index in [1.54, 1.807) is 0 Å². The lowest BCUT2D eigenvalue weighted by molar-refractivity contribution is -0.110. The van der Waals surface area contributed by atoms with Gasteiger partial charge in [-0.3, -0.25) is 14.6 Å². The molecule has 2 aromatic carbocycles. The van der Waals surface area contributed by atoms with E-state index < -0.39 is 0 Å². The Kier molecular flexibility index (Phi) is 5.52. The van der Waals surface area contributed by atoms with Gasteiger partial charge in [-0.25, -0.2) is 0 Å². The van der Waals surface area contributed by atoms with Gasteiger partial charge in [0.1, 0.15) is 0 Å². The van der Waals surface area contributed by atoms with Crippen molar-refractivity contribution in [3.05, 3.63) is 70.9 Å². The van der Waals surface area contributed by atoms with Gasteiger partial charge in [0, 0.05) is 55.7 Å². The SMILES string of the molecule is O=C1Nc2ccccc2C1=C1C=Cc2cc(CN3CCN(C4CCCCC4)CC3)ccc2N1. The van der Waals surface area contributed by atoms with Crippen LogP contribution in [0.15, 0.2) is 54.2 Å². The van der Waals surface area contributed by atoms with Crippen LogP contribution in [0.4, 0.5) is 11.4 Å². The van der Waals surface area contributed by atoms with Crippen LogP contribution in [0, 0.1) is 0 Å². The van der Waals surface area contributed by atoms with Crippen LogP contribution in [0.3, 0.4) is 0 Å². The van der Waals surface area contributed by atoms with E-state index in [1.165, 1.54) is 56.3 Å². The molecule has 0 spiro atoms. The summed E-state index contributed by atoms with van der Waals surface area (Å²) < 4.78 is 0. The third-order valence-electron chi connectivity index (χ3n) is 7.66. The van der Waals surface area contributed by atoms with Crippen LogP contribution >= 0.6 is 0 Å². The standard InChI is InChI=1S/C28H32N4O/c33-28-27(23-8-4-5-9-25(23)30-28)26-13-11-21-18-20(10-12-24(21)29-26)19-31-14-16-32(17-15-31)22-6-2-1-3-7-22/h4-5,8-13,18,22,29H,1-3,6-7,14-17,19H2,(H,30,33). The summed E-state index contributed by atoms with van der Waals surface area (Å²) in [6, 6.07) is 15.4. The number of hydrogen-bond donors (Lipinski definition) is 2. The maximum atomic E-state index is 12.6. The van der Waals surface area contributed by atoms with E-state index in [0.29, 0.717) is 5.57 Å². The third kappa shape index (κ3) is 4.11. The average molecular weight is 441 g/mol. The van der Waals surface area contributed by atoms with E-state index in [2.05, 4.69) is 44.7 Å². The number of amides is 1. The minimum atomic E-state index is -0.0456. The van der Waals surface area contributed by atoms with Crippen LogP contribution < -0.4 is 10.6 Å². The minimum absolute atomic E-state index is 0.0456. The van der Waals surface area contributed by atoms with Gasteiger partial charge in [0.2, 0.25) is 0 Å². The monoisotopic (exact) mass is 440 g/mol. The number of anilines is 2. The van der Waals surface area contributed by atoms with Gasteiger partial charge in [0.05, 0.1) is 11.3 Å². The maximum Gasteiger partial charge on any atom is 0.258 e. The molecule has 0 radical (unpaired) electrons. The molecule has 1 saturated heterocycles. The van der Waals surface area contributed by atoms with E-state index in [4.69, 9.17) is 0 Å². The van der Waals surface area contributed by atoms with Crippen molar-refractivity contribution < 1.29 is 4.79 Å². The largest absolute Gasteiger partial charge is 0.354 e. The molecule has 2 fully saturated rings. The molecule has 33 heavy (non-hydrogen) atoms. The van der Waals surface area contributed by atoms with Crippen LogP contribution in [0.2, 0.25) is 0 Å². The highest BCUT2D eigenvalue weighted by Gasteiger charge is 2.28. The van der Waals surface area contributed by atoms with Gasteiger partial charge in [-0.2, -0.15) is 0 Å². The van der Waals surface area contributed by atoms with Crippen LogP contribution in [-0.4, -0.2) is 47.9 Å². The van der Waals surface area contributed by atoms with Gasteiger partial charge < -0.3 is 10.6 Å². The van der Waals surface area contributed by atoms with Crippen molar-refractivity contribution in [2.45, 2.75) is 44.7 Å². The second kappa shape index (κ2) is 8.81. The van der Waals surface area contributed by atoms with E-state index in [9.17, 15) is 4.79 Å². The molecule has 170 valence electrons. The number of carbonyl (C=O) groups excluding carboxylic acids is 1. The predicted octanol–water partition coefficient (Wildman–Crippen LogP) is 4.94. The van der Waals surface area contributed by atoms with Crippen LogP contribution in [-0.2, 0) is 11.3 Å². The number of para-hydroxylation sites is 1. The Labute approximate surface area is 196 Å². The number of nitrogens with one attached hydrogen (secondary N) is 2.